The summed E-state index contributed by atoms with van der Waals surface area (Å²) in [6.45, 7) is 3.01. The van der Waals surface area contributed by atoms with Crippen molar-refractivity contribution in [3.05, 3.63) is 54.0 Å². The van der Waals surface area contributed by atoms with Gasteiger partial charge in [0, 0.05) is 19.6 Å². The lowest BCUT2D eigenvalue weighted by Crippen LogP contribution is -2.35. The molecule has 0 saturated carbocycles. The van der Waals surface area contributed by atoms with E-state index in [1.807, 2.05) is 30.3 Å². The fraction of sp³-hybridized carbons (Fsp3) is 0.421. The van der Waals surface area contributed by atoms with E-state index in [-0.39, 0.29) is 6.03 Å². The first-order valence-corrected chi connectivity index (χ1v) is 8.67. The van der Waals surface area contributed by atoms with E-state index in [1.165, 1.54) is 0 Å². The molecule has 1 saturated heterocycles. The highest BCUT2D eigenvalue weighted by Crippen LogP contribution is 2.19. The van der Waals surface area contributed by atoms with Crippen molar-refractivity contribution >= 4 is 6.03 Å². The number of benzene rings is 1. The van der Waals surface area contributed by atoms with Gasteiger partial charge < -0.3 is 24.7 Å². The third kappa shape index (κ3) is 5.53. The number of nitrogens with one attached hydrogen (secondary N) is 2. The van der Waals surface area contributed by atoms with Crippen LogP contribution in [-0.2, 0) is 13.1 Å². The molecule has 0 atom stereocenters. The van der Waals surface area contributed by atoms with Crippen molar-refractivity contribution in [2.24, 2.45) is 0 Å². The molecule has 2 N–H and O–H groups in total. The predicted octanol–water partition coefficient (Wildman–Crippen LogP) is 2.75. The minimum atomic E-state index is -0.219. The molecule has 2 heterocycles. The summed E-state index contributed by atoms with van der Waals surface area (Å²) in [5, 5.41) is 5.58. The number of furan rings is 1. The van der Waals surface area contributed by atoms with Gasteiger partial charge in [0.05, 0.1) is 12.8 Å². The number of ether oxygens (including phenoxy) is 1. The van der Waals surface area contributed by atoms with Crippen molar-refractivity contribution in [2.75, 3.05) is 20.1 Å². The maximum Gasteiger partial charge on any atom is 0.315 e. The van der Waals surface area contributed by atoms with Gasteiger partial charge in [0.1, 0.15) is 17.6 Å². The van der Waals surface area contributed by atoms with Crippen molar-refractivity contribution in [3.8, 4) is 5.75 Å². The zero-order valence-corrected chi connectivity index (χ0v) is 14.5. The Morgan fingerprint density at radius 3 is 2.56 bits per heavy atom. The molecule has 134 valence electrons. The maximum atomic E-state index is 11.8. The molecule has 1 aromatic heterocycles. The number of hydrogen-bond donors (Lipinski definition) is 2. The van der Waals surface area contributed by atoms with Gasteiger partial charge >= 0.3 is 6.03 Å². The number of carbonyl (C=O) groups is 1. The van der Waals surface area contributed by atoms with E-state index in [0.29, 0.717) is 19.2 Å². The molecule has 0 aliphatic carbocycles. The van der Waals surface area contributed by atoms with E-state index in [9.17, 15) is 4.79 Å². The molecule has 2 aromatic rings. The minimum Gasteiger partial charge on any atom is -0.490 e. The lowest BCUT2D eigenvalue weighted by molar-refractivity contribution is 0.114. The van der Waals surface area contributed by atoms with E-state index >= 15 is 0 Å². The van der Waals surface area contributed by atoms with Gasteiger partial charge in [-0.2, -0.15) is 0 Å². The summed E-state index contributed by atoms with van der Waals surface area (Å²) in [5.41, 5.74) is 1.03. The molecule has 0 unspecified atom stereocenters. The van der Waals surface area contributed by atoms with Crippen molar-refractivity contribution in [3.63, 3.8) is 0 Å². The molecule has 1 fully saturated rings. The zero-order valence-electron chi connectivity index (χ0n) is 14.5. The number of amides is 2. The summed E-state index contributed by atoms with van der Waals surface area (Å²) in [4.78, 5) is 14.1. The van der Waals surface area contributed by atoms with Crippen LogP contribution in [0, 0.1) is 0 Å². The highest BCUT2D eigenvalue weighted by molar-refractivity contribution is 5.73. The fourth-order valence-electron chi connectivity index (χ4n) is 2.81. The summed E-state index contributed by atoms with van der Waals surface area (Å²) in [6, 6.07) is 11.3. The van der Waals surface area contributed by atoms with E-state index in [2.05, 4.69) is 22.6 Å². The third-order valence-electron chi connectivity index (χ3n) is 4.35. The van der Waals surface area contributed by atoms with Gasteiger partial charge in [-0.3, -0.25) is 0 Å². The second kappa shape index (κ2) is 8.58. The molecule has 1 aliphatic heterocycles. The Morgan fingerprint density at radius 2 is 1.88 bits per heavy atom. The first-order chi connectivity index (χ1) is 12.2. The van der Waals surface area contributed by atoms with E-state index in [0.717, 1.165) is 43.0 Å². The molecular formula is C19H25N3O3. The second-order valence-corrected chi connectivity index (χ2v) is 6.38. The van der Waals surface area contributed by atoms with Crippen LogP contribution in [0.5, 0.6) is 5.75 Å². The lowest BCUT2D eigenvalue weighted by Gasteiger charge is -2.29. The first-order valence-electron chi connectivity index (χ1n) is 8.67. The number of rotatable bonds is 6. The van der Waals surface area contributed by atoms with E-state index < -0.39 is 0 Å². The topological polar surface area (TPSA) is 66.7 Å². The van der Waals surface area contributed by atoms with Gasteiger partial charge in [-0.1, -0.05) is 12.1 Å². The van der Waals surface area contributed by atoms with Crippen molar-refractivity contribution in [2.45, 2.75) is 32.0 Å². The van der Waals surface area contributed by atoms with Crippen LogP contribution in [-0.4, -0.2) is 37.2 Å². The molecule has 1 aromatic carbocycles. The Labute approximate surface area is 148 Å². The van der Waals surface area contributed by atoms with E-state index in [1.54, 1.807) is 12.3 Å². The molecule has 1 aliphatic rings. The van der Waals surface area contributed by atoms with Crippen molar-refractivity contribution in [1.29, 1.82) is 0 Å². The van der Waals surface area contributed by atoms with Gasteiger partial charge in [-0.15, -0.1) is 0 Å². The average Bonchev–Trinajstić information content (AvgIpc) is 3.15. The van der Waals surface area contributed by atoms with Crippen LogP contribution in [0.3, 0.4) is 0 Å². The van der Waals surface area contributed by atoms with Crippen LogP contribution in [0.4, 0.5) is 4.79 Å². The van der Waals surface area contributed by atoms with Gasteiger partial charge in [-0.05, 0) is 49.7 Å². The van der Waals surface area contributed by atoms with Gasteiger partial charge in [-0.25, -0.2) is 4.79 Å². The van der Waals surface area contributed by atoms with Crippen LogP contribution in [0.15, 0.2) is 47.1 Å². The Morgan fingerprint density at radius 1 is 1.16 bits per heavy atom. The van der Waals surface area contributed by atoms with Crippen LogP contribution >= 0.6 is 0 Å². The van der Waals surface area contributed by atoms with Gasteiger partial charge in [0.2, 0.25) is 0 Å². The molecule has 6 heteroatoms. The second-order valence-electron chi connectivity index (χ2n) is 6.38. The molecular weight excluding hydrogens is 318 g/mol. The minimum absolute atomic E-state index is 0.219. The molecule has 6 nitrogen and oxygen atoms in total. The summed E-state index contributed by atoms with van der Waals surface area (Å²) < 4.78 is 11.2. The number of likely N-dealkylation sites (tertiary alicyclic amines) is 1. The lowest BCUT2D eigenvalue weighted by atomic mass is 10.1. The number of carbonyl (C=O) groups excluding carboxylic acids is 1. The molecule has 2 amide bonds. The maximum absolute atomic E-state index is 11.8. The fourth-order valence-corrected chi connectivity index (χ4v) is 2.81. The summed E-state index contributed by atoms with van der Waals surface area (Å²) in [6.07, 6.45) is 4.02. The first kappa shape index (κ1) is 17.4. The van der Waals surface area contributed by atoms with Crippen molar-refractivity contribution in [1.82, 2.24) is 15.5 Å². The van der Waals surface area contributed by atoms with Crippen LogP contribution in [0.2, 0.25) is 0 Å². The predicted molar refractivity (Wildman–Crippen MR) is 95.4 cm³/mol. The third-order valence-corrected chi connectivity index (χ3v) is 4.35. The Bertz CT molecular complexity index is 647. The molecule has 0 spiro atoms. The SMILES string of the molecule is CN1CCC(Oc2ccc(CNC(=O)NCc3ccco3)cc2)CC1. The van der Waals surface area contributed by atoms with Crippen molar-refractivity contribution < 1.29 is 13.9 Å². The van der Waals surface area contributed by atoms with E-state index in [4.69, 9.17) is 9.15 Å². The molecule has 3 rings (SSSR count). The Balaban J connectivity index is 1.39. The van der Waals surface area contributed by atoms with Gasteiger partial charge in [0.15, 0.2) is 0 Å². The van der Waals surface area contributed by atoms with Crippen LogP contribution in [0.25, 0.3) is 0 Å². The summed E-state index contributed by atoms with van der Waals surface area (Å²) >= 11 is 0. The number of hydrogen-bond acceptors (Lipinski definition) is 4. The number of piperidine rings is 1. The number of urea groups is 1. The van der Waals surface area contributed by atoms with Crippen LogP contribution < -0.4 is 15.4 Å². The highest BCUT2D eigenvalue weighted by atomic mass is 16.5. The quantitative estimate of drug-likeness (QED) is 0.846. The summed E-state index contributed by atoms with van der Waals surface area (Å²) in [7, 11) is 2.14. The Kier molecular flexibility index (Phi) is 5.95. The van der Waals surface area contributed by atoms with Gasteiger partial charge in [0.25, 0.3) is 0 Å². The summed E-state index contributed by atoms with van der Waals surface area (Å²) in [5.74, 6) is 1.62. The molecule has 0 bridgehead atoms. The normalized spacial score (nSPS) is 15.7. The Hall–Kier alpha value is -2.47. The number of nitrogens with zero attached hydrogens (tertiary/aromatic N) is 1. The van der Waals surface area contributed by atoms with Crippen LogP contribution in [0.1, 0.15) is 24.2 Å². The molecule has 25 heavy (non-hydrogen) atoms. The largest absolute Gasteiger partial charge is 0.490 e. The standard InChI is InChI=1S/C19H25N3O3/c1-22-10-8-17(9-11-22)25-16-6-4-15(5-7-16)13-20-19(23)21-14-18-3-2-12-24-18/h2-7,12,17H,8-11,13-14H2,1H3,(H2,20,21,23). The molecule has 0 radical (unpaired) electrons. The highest BCUT2D eigenvalue weighted by Gasteiger charge is 2.17. The monoisotopic (exact) mass is 343 g/mol. The smallest absolute Gasteiger partial charge is 0.315 e. The zero-order chi connectivity index (χ0) is 17.5. The average molecular weight is 343 g/mol.